The molecule has 1 saturated carbocycles. The SMILES string of the molecule is CC1(C(=O)Nc2ccc(NS(=O)(=O)c3ccc(-c4noc(CCCCN)n4)cc3)cc2)CC1. The van der Waals surface area contributed by atoms with Crippen molar-refractivity contribution in [3.8, 4) is 11.4 Å². The standard InChI is InChI=1S/C23H27N5O4S/c1-23(13-14-23)22(29)25-17-7-9-18(10-8-17)28-33(30,31)19-11-5-16(6-12-19)21-26-20(32-27-21)4-2-3-15-24/h5-12,28H,2-4,13-15,24H2,1H3,(H,25,29). The largest absolute Gasteiger partial charge is 0.339 e. The number of nitrogens with two attached hydrogens (primary N) is 1. The first-order valence-corrected chi connectivity index (χ1v) is 12.3. The van der Waals surface area contributed by atoms with Crippen molar-refractivity contribution >= 4 is 27.3 Å². The van der Waals surface area contributed by atoms with Crippen LogP contribution in [0.5, 0.6) is 0 Å². The third-order valence-electron chi connectivity index (χ3n) is 5.68. The Morgan fingerprint density at radius 1 is 1.06 bits per heavy atom. The van der Waals surface area contributed by atoms with Gasteiger partial charge in [0.1, 0.15) is 0 Å². The first-order chi connectivity index (χ1) is 15.8. The molecule has 0 atom stereocenters. The molecule has 0 unspecified atom stereocenters. The van der Waals surface area contributed by atoms with Gasteiger partial charge in [-0.05, 0) is 80.8 Å². The molecule has 2 aromatic carbocycles. The summed E-state index contributed by atoms with van der Waals surface area (Å²) in [7, 11) is -3.78. The highest BCUT2D eigenvalue weighted by atomic mass is 32.2. The average molecular weight is 470 g/mol. The van der Waals surface area contributed by atoms with Crippen LogP contribution in [-0.4, -0.2) is 31.0 Å². The van der Waals surface area contributed by atoms with E-state index in [-0.39, 0.29) is 16.2 Å². The molecular formula is C23H27N5O4S. The lowest BCUT2D eigenvalue weighted by atomic mass is 10.1. The molecule has 1 aliphatic rings. The minimum absolute atomic E-state index is 0.0137. The molecule has 1 heterocycles. The van der Waals surface area contributed by atoms with Crippen molar-refractivity contribution in [2.75, 3.05) is 16.6 Å². The molecular weight excluding hydrogens is 442 g/mol. The van der Waals surface area contributed by atoms with Crippen molar-refractivity contribution in [1.29, 1.82) is 0 Å². The molecule has 4 N–H and O–H groups in total. The van der Waals surface area contributed by atoms with Gasteiger partial charge in [-0.15, -0.1) is 0 Å². The second kappa shape index (κ2) is 9.32. The molecule has 1 amide bonds. The van der Waals surface area contributed by atoms with Crippen molar-refractivity contribution in [2.24, 2.45) is 11.1 Å². The first-order valence-electron chi connectivity index (χ1n) is 10.9. The van der Waals surface area contributed by atoms with Gasteiger partial charge in [-0.25, -0.2) is 8.42 Å². The van der Waals surface area contributed by atoms with E-state index in [2.05, 4.69) is 20.2 Å². The number of aromatic nitrogens is 2. The number of nitrogens with zero attached hydrogens (tertiary/aromatic N) is 2. The molecule has 174 valence electrons. The minimum Gasteiger partial charge on any atom is -0.339 e. The molecule has 0 saturated heterocycles. The predicted molar refractivity (Wildman–Crippen MR) is 125 cm³/mol. The molecule has 3 aromatic rings. The molecule has 9 nitrogen and oxygen atoms in total. The highest BCUT2D eigenvalue weighted by Crippen LogP contribution is 2.45. The Morgan fingerprint density at radius 3 is 2.36 bits per heavy atom. The van der Waals surface area contributed by atoms with Crippen molar-refractivity contribution in [1.82, 2.24) is 10.1 Å². The Bertz CT molecular complexity index is 1220. The van der Waals surface area contributed by atoms with Crippen LogP contribution in [-0.2, 0) is 21.2 Å². The highest BCUT2D eigenvalue weighted by Gasteiger charge is 2.44. The molecule has 0 radical (unpaired) electrons. The monoisotopic (exact) mass is 469 g/mol. The number of rotatable bonds is 10. The van der Waals surface area contributed by atoms with Crippen LogP contribution in [0.15, 0.2) is 57.9 Å². The van der Waals surface area contributed by atoms with Gasteiger partial charge in [-0.1, -0.05) is 12.1 Å². The van der Waals surface area contributed by atoms with Crippen LogP contribution in [0.2, 0.25) is 0 Å². The molecule has 33 heavy (non-hydrogen) atoms. The summed E-state index contributed by atoms with van der Waals surface area (Å²) in [5.74, 6) is 0.926. The normalized spacial score (nSPS) is 14.6. The van der Waals surface area contributed by atoms with Crippen LogP contribution >= 0.6 is 0 Å². The van der Waals surface area contributed by atoms with E-state index in [1.54, 1.807) is 36.4 Å². The maximum Gasteiger partial charge on any atom is 0.261 e. The molecule has 10 heteroatoms. The number of hydrogen-bond donors (Lipinski definition) is 3. The molecule has 0 bridgehead atoms. The molecule has 1 aromatic heterocycles. The number of benzene rings is 2. The Morgan fingerprint density at radius 2 is 1.73 bits per heavy atom. The van der Waals surface area contributed by atoms with Gasteiger partial charge in [0.2, 0.25) is 17.6 Å². The molecule has 1 aliphatic carbocycles. The summed E-state index contributed by atoms with van der Waals surface area (Å²) in [4.78, 5) is 16.6. The minimum atomic E-state index is -3.78. The fourth-order valence-electron chi connectivity index (χ4n) is 3.21. The van der Waals surface area contributed by atoms with Crippen molar-refractivity contribution < 1.29 is 17.7 Å². The second-order valence-corrected chi connectivity index (χ2v) is 10.2. The summed E-state index contributed by atoms with van der Waals surface area (Å²) >= 11 is 0. The Kier molecular flexibility index (Phi) is 6.48. The maximum absolute atomic E-state index is 12.8. The van der Waals surface area contributed by atoms with E-state index in [4.69, 9.17) is 10.3 Å². The van der Waals surface area contributed by atoms with Gasteiger partial charge in [0.05, 0.1) is 4.90 Å². The van der Waals surface area contributed by atoms with E-state index in [1.165, 1.54) is 12.1 Å². The van der Waals surface area contributed by atoms with Gasteiger partial charge in [0.25, 0.3) is 10.0 Å². The summed E-state index contributed by atoms with van der Waals surface area (Å²) < 4.78 is 33.3. The Labute approximate surface area is 192 Å². The van der Waals surface area contributed by atoms with Gasteiger partial charge in [0, 0.05) is 28.8 Å². The number of amides is 1. The van der Waals surface area contributed by atoms with Gasteiger partial charge < -0.3 is 15.6 Å². The van der Waals surface area contributed by atoms with Gasteiger partial charge in [-0.2, -0.15) is 4.98 Å². The number of carbonyl (C=O) groups excluding carboxylic acids is 1. The Hall–Kier alpha value is -3.24. The van der Waals surface area contributed by atoms with E-state index >= 15 is 0 Å². The summed E-state index contributed by atoms with van der Waals surface area (Å²) in [6, 6.07) is 12.8. The molecule has 1 fully saturated rings. The van der Waals surface area contributed by atoms with Gasteiger partial charge in [-0.3, -0.25) is 9.52 Å². The van der Waals surface area contributed by atoms with Crippen molar-refractivity contribution in [3.63, 3.8) is 0 Å². The quantitative estimate of drug-likeness (QED) is 0.386. The summed E-state index contributed by atoms with van der Waals surface area (Å²) in [5, 5.41) is 6.82. The topological polar surface area (TPSA) is 140 Å². The van der Waals surface area contributed by atoms with Crippen LogP contribution in [0, 0.1) is 5.41 Å². The van der Waals surface area contributed by atoms with Crippen LogP contribution < -0.4 is 15.8 Å². The third-order valence-corrected chi connectivity index (χ3v) is 7.08. The van der Waals surface area contributed by atoms with E-state index in [0.717, 1.165) is 25.7 Å². The van der Waals surface area contributed by atoms with Crippen LogP contribution in [0.1, 0.15) is 38.5 Å². The molecule has 4 rings (SSSR count). The zero-order valence-electron chi connectivity index (χ0n) is 18.4. The fourth-order valence-corrected chi connectivity index (χ4v) is 4.27. The third kappa shape index (κ3) is 5.58. The van der Waals surface area contributed by atoms with Gasteiger partial charge in [0.15, 0.2) is 0 Å². The lowest BCUT2D eigenvalue weighted by Gasteiger charge is -2.12. The fraction of sp³-hybridized carbons (Fsp3) is 0.348. The predicted octanol–water partition coefficient (Wildman–Crippen LogP) is 3.56. The lowest BCUT2D eigenvalue weighted by molar-refractivity contribution is -0.120. The zero-order valence-corrected chi connectivity index (χ0v) is 19.2. The highest BCUT2D eigenvalue weighted by molar-refractivity contribution is 7.92. The number of carbonyl (C=O) groups is 1. The molecule has 0 spiro atoms. The summed E-state index contributed by atoms with van der Waals surface area (Å²) in [6.07, 6.45) is 4.18. The van der Waals surface area contributed by atoms with Crippen LogP contribution in [0.4, 0.5) is 11.4 Å². The number of aryl methyl sites for hydroxylation is 1. The smallest absolute Gasteiger partial charge is 0.261 e. The van der Waals surface area contributed by atoms with Crippen LogP contribution in [0.25, 0.3) is 11.4 Å². The number of anilines is 2. The number of sulfonamides is 1. The van der Waals surface area contributed by atoms with E-state index in [1.807, 2.05) is 6.92 Å². The van der Waals surface area contributed by atoms with Crippen LogP contribution in [0.3, 0.4) is 0 Å². The Balaban J connectivity index is 1.38. The van der Waals surface area contributed by atoms with Crippen molar-refractivity contribution in [3.05, 3.63) is 54.4 Å². The van der Waals surface area contributed by atoms with E-state index in [0.29, 0.717) is 41.6 Å². The van der Waals surface area contributed by atoms with E-state index in [9.17, 15) is 13.2 Å². The zero-order chi connectivity index (χ0) is 23.5. The first kappa shape index (κ1) is 22.9. The average Bonchev–Trinajstić information content (AvgIpc) is 3.38. The molecule has 0 aliphatic heterocycles. The number of unbranched alkanes of at least 4 members (excludes halogenated alkanes) is 1. The number of hydrogen-bond acceptors (Lipinski definition) is 7. The van der Waals surface area contributed by atoms with Crippen molar-refractivity contribution in [2.45, 2.75) is 43.9 Å². The van der Waals surface area contributed by atoms with Gasteiger partial charge >= 0.3 is 0 Å². The van der Waals surface area contributed by atoms with E-state index < -0.39 is 10.0 Å². The summed E-state index contributed by atoms with van der Waals surface area (Å²) in [5.41, 5.74) is 6.90. The number of nitrogens with one attached hydrogen (secondary N) is 2. The maximum atomic E-state index is 12.8. The second-order valence-electron chi connectivity index (χ2n) is 8.48. The lowest BCUT2D eigenvalue weighted by Crippen LogP contribution is -2.21. The summed E-state index contributed by atoms with van der Waals surface area (Å²) in [6.45, 7) is 2.54.